The highest BCUT2D eigenvalue weighted by Gasteiger charge is 2.31. The summed E-state index contributed by atoms with van der Waals surface area (Å²) in [6, 6.07) is 12.7. The summed E-state index contributed by atoms with van der Waals surface area (Å²) in [4.78, 5) is 8.01. The van der Waals surface area contributed by atoms with Crippen LogP contribution < -0.4 is 14.2 Å². The minimum Gasteiger partial charge on any atom is -0.497 e. The number of aromatic nitrogens is 2. The largest absolute Gasteiger partial charge is 0.573 e. The van der Waals surface area contributed by atoms with Crippen molar-refractivity contribution in [3.05, 3.63) is 66.6 Å². The van der Waals surface area contributed by atoms with E-state index in [4.69, 9.17) is 4.74 Å². The van der Waals surface area contributed by atoms with E-state index in [1.165, 1.54) is 6.33 Å². The lowest BCUT2D eigenvalue weighted by atomic mass is 10.1. The number of nitrogens with one attached hydrogen (secondary N) is 1. The molecule has 2 aromatic carbocycles. The Bertz CT molecular complexity index is 1100. The van der Waals surface area contributed by atoms with Gasteiger partial charge in [-0.2, -0.15) is 0 Å². The van der Waals surface area contributed by atoms with Gasteiger partial charge < -0.3 is 9.47 Å². The summed E-state index contributed by atoms with van der Waals surface area (Å²) in [5.74, 6) is 0.175. The van der Waals surface area contributed by atoms with E-state index in [1.807, 2.05) is 0 Å². The number of hydrogen-bond donors (Lipinski definition) is 1. The van der Waals surface area contributed by atoms with E-state index in [-0.39, 0.29) is 11.4 Å². The van der Waals surface area contributed by atoms with E-state index in [0.29, 0.717) is 17.1 Å². The summed E-state index contributed by atoms with van der Waals surface area (Å²) in [5, 5.41) is 0. The van der Waals surface area contributed by atoms with Gasteiger partial charge in [0.2, 0.25) is 10.0 Å². The van der Waals surface area contributed by atoms with Crippen molar-refractivity contribution in [2.75, 3.05) is 7.11 Å². The zero-order valence-electron chi connectivity index (χ0n) is 15.6. The van der Waals surface area contributed by atoms with Crippen LogP contribution in [0.3, 0.4) is 0 Å². The van der Waals surface area contributed by atoms with Crippen LogP contribution in [0.15, 0.2) is 65.8 Å². The molecule has 0 saturated heterocycles. The van der Waals surface area contributed by atoms with Gasteiger partial charge in [0.05, 0.1) is 29.9 Å². The average Bonchev–Trinajstić information content (AvgIpc) is 2.72. The summed E-state index contributed by atoms with van der Waals surface area (Å²) in [7, 11) is -2.41. The van der Waals surface area contributed by atoms with Gasteiger partial charge in [-0.05, 0) is 54.6 Å². The molecule has 0 aliphatic rings. The lowest BCUT2D eigenvalue weighted by molar-refractivity contribution is -0.274. The fraction of sp³-hybridized carbons (Fsp3) is 0.158. The Morgan fingerprint density at radius 1 is 0.967 bits per heavy atom. The number of methoxy groups -OCH3 is 1. The van der Waals surface area contributed by atoms with Crippen molar-refractivity contribution in [1.82, 2.24) is 14.7 Å². The predicted octanol–water partition coefficient (Wildman–Crippen LogP) is 3.53. The topological polar surface area (TPSA) is 90.4 Å². The monoisotopic (exact) mass is 439 g/mol. The SMILES string of the molecule is COc1ccc(-c2cc(CNS(=O)(=O)c3ccc(OC(F)(F)F)cc3)ncn2)cc1. The van der Waals surface area contributed by atoms with Crippen LogP contribution in [0.5, 0.6) is 11.5 Å². The molecule has 0 amide bonds. The zero-order chi connectivity index (χ0) is 21.8. The Kier molecular flexibility index (Phi) is 6.22. The van der Waals surface area contributed by atoms with Crippen LogP contribution >= 0.6 is 0 Å². The molecule has 1 N–H and O–H groups in total. The van der Waals surface area contributed by atoms with Crippen molar-refractivity contribution in [3.63, 3.8) is 0 Å². The van der Waals surface area contributed by atoms with Gasteiger partial charge in [0.15, 0.2) is 0 Å². The average molecular weight is 439 g/mol. The normalized spacial score (nSPS) is 11.9. The van der Waals surface area contributed by atoms with E-state index in [2.05, 4.69) is 19.4 Å². The van der Waals surface area contributed by atoms with Crippen LogP contribution in [0.2, 0.25) is 0 Å². The first kappa shape index (κ1) is 21.5. The highest BCUT2D eigenvalue weighted by atomic mass is 32.2. The Morgan fingerprint density at radius 3 is 2.20 bits per heavy atom. The number of rotatable bonds is 7. The van der Waals surface area contributed by atoms with E-state index >= 15 is 0 Å². The fourth-order valence-corrected chi connectivity index (χ4v) is 3.49. The molecule has 0 radical (unpaired) electrons. The van der Waals surface area contributed by atoms with Crippen LogP contribution in [0.4, 0.5) is 13.2 Å². The van der Waals surface area contributed by atoms with Crippen LogP contribution in [0, 0.1) is 0 Å². The highest BCUT2D eigenvalue weighted by Crippen LogP contribution is 2.24. The van der Waals surface area contributed by atoms with Crippen molar-refractivity contribution in [2.45, 2.75) is 17.8 Å². The lowest BCUT2D eigenvalue weighted by Crippen LogP contribution is -2.24. The first-order valence-corrected chi connectivity index (χ1v) is 9.95. The van der Waals surface area contributed by atoms with E-state index < -0.39 is 22.1 Å². The van der Waals surface area contributed by atoms with Crippen LogP contribution in [0.1, 0.15) is 5.69 Å². The maximum Gasteiger partial charge on any atom is 0.573 e. The molecule has 158 valence electrons. The molecule has 0 aliphatic heterocycles. The molecule has 1 heterocycles. The summed E-state index contributed by atoms with van der Waals surface area (Å²) < 4.78 is 72.6. The molecule has 0 unspecified atom stereocenters. The molecule has 3 aromatic rings. The molecule has 0 atom stereocenters. The number of ether oxygens (including phenoxy) is 2. The number of halogens is 3. The first-order chi connectivity index (χ1) is 14.2. The molecule has 11 heteroatoms. The second-order valence-electron chi connectivity index (χ2n) is 5.97. The summed E-state index contributed by atoms with van der Waals surface area (Å²) in [5.41, 5.74) is 1.80. The van der Waals surface area contributed by atoms with Crippen LogP contribution in [0.25, 0.3) is 11.3 Å². The van der Waals surface area contributed by atoms with Gasteiger partial charge in [0, 0.05) is 5.56 Å². The fourth-order valence-electron chi connectivity index (χ4n) is 2.49. The van der Waals surface area contributed by atoms with Crippen LogP contribution in [-0.2, 0) is 16.6 Å². The highest BCUT2D eigenvalue weighted by molar-refractivity contribution is 7.89. The van der Waals surface area contributed by atoms with Crippen molar-refractivity contribution in [2.24, 2.45) is 0 Å². The lowest BCUT2D eigenvalue weighted by Gasteiger charge is -2.10. The maximum absolute atomic E-state index is 12.4. The summed E-state index contributed by atoms with van der Waals surface area (Å²) in [6.07, 6.45) is -3.54. The number of hydrogen-bond acceptors (Lipinski definition) is 6. The number of alkyl halides is 3. The Morgan fingerprint density at radius 2 is 1.60 bits per heavy atom. The molecular formula is C19H16F3N3O4S. The van der Waals surface area contributed by atoms with Crippen molar-refractivity contribution in [3.8, 4) is 22.8 Å². The standard InChI is InChI=1S/C19H16F3N3O4S/c1-28-15-4-2-13(3-5-15)18-10-14(23-12-24-18)11-25-30(26,27)17-8-6-16(7-9-17)29-19(20,21)22/h2-10,12,25H,11H2,1H3. The van der Waals surface area contributed by atoms with Gasteiger partial charge >= 0.3 is 6.36 Å². The van der Waals surface area contributed by atoms with Crippen molar-refractivity contribution in [1.29, 1.82) is 0 Å². The summed E-state index contributed by atoms with van der Waals surface area (Å²) >= 11 is 0. The van der Waals surface area contributed by atoms with Gasteiger partial charge in [0.25, 0.3) is 0 Å². The maximum atomic E-state index is 12.4. The van der Waals surface area contributed by atoms with Gasteiger partial charge in [0.1, 0.15) is 17.8 Å². The van der Waals surface area contributed by atoms with Crippen molar-refractivity contribution < 1.29 is 31.1 Å². The molecule has 0 spiro atoms. The molecule has 0 aliphatic carbocycles. The van der Waals surface area contributed by atoms with E-state index in [9.17, 15) is 21.6 Å². The third-order valence-corrected chi connectivity index (χ3v) is 5.34. The zero-order valence-corrected chi connectivity index (χ0v) is 16.4. The van der Waals surface area contributed by atoms with Gasteiger partial charge in [-0.15, -0.1) is 13.2 Å². The minimum absolute atomic E-state index is 0.130. The molecule has 3 rings (SSSR count). The van der Waals surface area contributed by atoms with Gasteiger partial charge in [-0.3, -0.25) is 0 Å². The number of benzene rings is 2. The third-order valence-electron chi connectivity index (χ3n) is 3.92. The van der Waals surface area contributed by atoms with E-state index in [1.54, 1.807) is 37.4 Å². The molecule has 0 fully saturated rings. The Hall–Kier alpha value is -3.18. The Labute approximate surface area is 170 Å². The first-order valence-electron chi connectivity index (χ1n) is 8.47. The number of sulfonamides is 1. The molecule has 1 aromatic heterocycles. The van der Waals surface area contributed by atoms with Crippen molar-refractivity contribution >= 4 is 10.0 Å². The Balaban J connectivity index is 1.69. The molecule has 0 saturated carbocycles. The quantitative estimate of drug-likeness (QED) is 0.606. The summed E-state index contributed by atoms with van der Waals surface area (Å²) in [6.45, 7) is -0.130. The van der Waals surface area contributed by atoms with Crippen LogP contribution in [-0.4, -0.2) is 31.9 Å². The molecular weight excluding hydrogens is 423 g/mol. The smallest absolute Gasteiger partial charge is 0.497 e. The van der Waals surface area contributed by atoms with Gasteiger partial charge in [-0.1, -0.05) is 0 Å². The van der Waals surface area contributed by atoms with E-state index in [0.717, 1.165) is 29.8 Å². The minimum atomic E-state index is -4.85. The third kappa shape index (κ3) is 5.67. The molecule has 0 bridgehead atoms. The molecule has 7 nitrogen and oxygen atoms in total. The second kappa shape index (κ2) is 8.67. The molecule has 30 heavy (non-hydrogen) atoms. The second-order valence-corrected chi connectivity index (χ2v) is 7.73. The number of nitrogens with zero attached hydrogens (tertiary/aromatic N) is 2. The van der Waals surface area contributed by atoms with Gasteiger partial charge in [-0.25, -0.2) is 23.1 Å². The predicted molar refractivity (Wildman–Crippen MR) is 101 cm³/mol.